The number of ether oxygens (including phenoxy) is 3. The Morgan fingerprint density at radius 2 is 1.84 bits per heavy atom. The minimum atomic E-state index is -1.09. The molecule has 10 heteroatoms. The summed E-state index contributed by atoms with van der Waals surface area (Å²) < 4.78 is 17.6. The predicted molar refractivity (Wildman–Crippen MR) is 142 cm³/mol. The Bertz CT molecular complexity index is 1430. The maximum Gasteiger partial charge on any atom is 0.286 e. The molecule has 0 spiro atoms. The highest BCUT2D eigenvalue weighted by atomic mass is 16.6. The molecule has 0 aromatic heterocycles. The van der Waals surface area contributed by atoms with Crippen LogP contribution in [0.15, 0.2) is 89.4 Å². The molecular formula is C28H28N6O4. The fraction of sp³-hybridized carbons (Fsp3) is 0.179. The van der Waals surface area contributed by atoms with Gasteiger partial charge in [0.25, 0.3) is 12.3 Å². The maximum atomic E-state index is 12.5. The first-order valence-electron chi connectivity index (χ1n) is 11.7. The number of aliphatic imine (C=N–C) groups is 1. The fourth-order valence-electron chi connectivity index (χ4n) is 3.76. The highest BCUT2D eigenvalue weighted by molar-refractivity contribution is 6.01. The summed E-state index contributed by atoms with van der Waals surface area (Å²) in [4.78, 5) is 18.6. The number of allylic oxidation sites excluding steroid dienone is 1. The highest BCUT2D eigenvalue weighted by Crippen LogP contribution is 2.31. The normalized spacial score (nSPS) is 14.9. The molecule has 194 valence electrons. The SMILES string of the molecule is COc1ccc(C#N)cc1OC1N=C(Cc2ccccc2)C(N)=C(Oc2cccc(C(=O)N(C)C)c2)N1N. The van der Waals surface area contributed by atoms with Crippen molar-refractivity contribution in [2.45, 2.75) is 12.8 Å². The molecule has 0 bridgehead atoms. The number of nitrogens with zero attached hydrogens (tertiary/aromatic N) is 4. The van der Waals surface area contributed by atoms with Crippen molar-refractivity contribution in [1.82, 2.24) is 9.91 Å². The third-order valence-corrected chi connectivity index (χ3v) is 5.72. The second-order valence-electron chi connectivity index (χ2n) is 8.62. The summed E-state index contributed by atoms with van der Waals surface area (Å²) in [6.45, 7) is 0. The van der Waals surface area contributed by atoms with Gasteiger partial charge in [0.1, 0.15) is 11.4 Å². The lowest BCUT2D eigenvalue weighted by Crippen LogP contribution is -2.49. The van der Waals surface area contributed by atoms with Crippen LogP contribution in [0.25, 0.3) is 0 Å². The van der Waals surface area contributed by atoms with Gasteiger partial charge in [0.2, 0.25) is 5.88 Å². The Morgan fingerprint density at radius 3 is 2.53 bits per heavy atom. The van der Waals surface area contributed by atoms with Gasteiger partial charge in [0, 0.05) is 32.1 Å². The summed E-state index contributed by atoms with van der Waals surface area (Å²) in [5.74, 6) is 7.38. The van der Waals surface area contributed by atoms with Crippen molar-refractivity contribution in [1.29, 1.82) is 5.26 Å². The van der Waals surface area contributed by atoms with Crippen LogP contribution in [-0.4, -0.2) is 49.1 Å². The number of hydrogen-bond acceptors (Lipinski definition) is 9. The number of hydrazine groups is 1. The van der Waals surface area contributed by atoms with Gasteiger partial charge in [-0.3, -0.25) is 4.79 Å². The average molecular weight is 513 g/mol. The van der Waals surface area contributed by atoms with Gasteiger partial charge in [-0.2, -0.15) is 5.26 Å². The number of methoxy groups -OCH3 is 1. The Kier molecular flexibility index (Phi) is 7.80. The van der Waals surface area contributed by atoms with Crippen LogP contribution in [0.1, 0.15) is 21.5 Å². The number of nitrogens with two attached hydrogens (primary N) is 2. The number of hydrogen-bond donors (Lipinski definition) is 2. The van der Waals surface area contributed by atoms with Crippen LogP contribution in [0, 0.1) is 11.3 Å². The largest absolute Gasteiger partial charge is 0.493 e. The predicted octanol–water partition coefficient (Wildman–Crippen LogP) is 3.01. The van der Waals surface area contributed by atoms with Crippen molar-refractivity contribution in [3.8, 4) is 23.3 Å². The fourth-order valence-corrected chi connectivity index (χ4v) is 3.76. The van der Waals surface area contributed by atoms with E-state index >= 15 is 0 Å². The molecule has 0 radical (unpaired) electrons. The summed E-state index contributed by atoms with van der Waals surface area (Å²) in [5, 5.41) is 10.5. The Labute approximate surface area is 220 Å². The van der Waals surface area contributed by atoms with Gasteiger partial charge in [0.15, 0.2) is 11.5 Å². The van der Waals surface area contributed by atoms with Crippen LogP contribution in [0.3, 0.4) is 0 Å². The van der Waals surface area contributed by atoms with Gasteiger partial charge in [-0.1, -0.05) is 36.4 Å². The van der Waals surface area contributed by atoms with E-state index in [-0.39, 0.29) is 23.2 Å². The molecular weight excluding hydrogens is 484 g/mol. The monoisotopic (exact) mass is 512 g/mol. The lowest BCUT2D eigenvalue weighted by Gasteiger charge is -2.33. The molecule has 1 amide bonds. The lowest BCUT2D eigenvalue weighted by molar-refractivity contribution is 0.0209. The zero-order chi connectivity index (χ0) is 27.2. The zero-order valence-corrected chi connectivity index (χ0v) is 21.3. The number of benzene rings is 3. The molecule has 38 heavy (non-hydrogen) atoms. The molecule has 3 aromatic carbocycles. The molecule has 3 aromatic rings. The summed E-state index contributed by atoms with van der Waals surface area (Å²) >= 11 is 0. The number of carbonyl (C=O) groups is 1. The summed E-state index contributed by atoms with van der Waals surface area (Å²) in [6, 6.07) is 23.2. The van der Waals surface area contributed by atoms with E-state index < -0.39 is 6.35 Å². The second-order valence-corrected chi connectivity index (χ2v) is 8.62. The van der Waals surface area contributed by atoms with E-state index in [4.69, 9.17) is 25.8 Å². The smallest absolute Gasteiger partial charge is 0.286 e. The quantitative estimate of drug-likeness (QED) is 0.439. The van der Waals surface area contributed by atoms with Gasteiger partial charge >= 0.3 is 0 Å². The van der Waals surface area contributed by atoms with E-state index in [9.17, 15) is 10.1 Å². The molecule has 1 aliphatic heterocycles. The lowest BCUT2D eigenvalue weighted by atomic mass is 10.1. The highest BCUT2D eigenvalue weighted by Gasteiger charge is 2.32. The molecule has 0 fully saturated rings. The number of nitriles is 1. The van der Waals surface area contributed by atoms with Crippen LogP contribution < -0.4 is 25.8 Å². The number of carbonyl (C=O) groups excluding carboxylic acids is 1. The third-order valence-electron chi connectivity index (χ3n) is 5.72. The minimum Gasteiger partial charge on any atom is -0.493 e. The van der Waals surface area contributed by atoms with Crippen molar-refractivity contribution in [3.63, 3.8) is 0 Å². The van der Waals surface area contributed by atoms with Crippen molar-refractivity contribution in [2.24, 2.45) is 16.6 Å². The van der Waals surface area contributed by atoms with E-state index in [1.54, 1.807) is 50.5 Å². The van der Waals surface area contributed by atoms with E-state index in [0.29, 0.717) is 34.8 Å². The molecule has 0 aliphatic carbocycles. The van der Waals surface area contributed by atoms with E-state index in [1.165, 1.54) is 18.1 Å². The Hall–Kier alpha value is -5.01. The number of rotatable bonds is 8. The van der Waals surface area contributed by atoms with Crippen LogP contribution >= 0.6 is 0 Å². The summed E-state index contributed by atoms with van der Waals surface area (Å²) in [7, 11) is 4.83. The van der Waals surface area contributed by atoms with Crippen LogP contribution in [0.2, 0.25) is 0 Å². The van der Waals surface area contributed by atoms with Gasteiger partial charge in [-0.15, -0.1) is 0 Å². The van der Waals surface area contributed by atoms with Gasteiger partial charge < -0.3 is 24.8 Å². The zero-order valence-electron chi connectivity index (χ0n) is 21.3. The molecule has 1 atom stereocenters. The average Bonchev–Trinajstić information content (AvgIpc) is 2.93. The molecule has 0 saturated carbocycles. The molecule has 10 nitrogen and oxygen atoms in total. The standard InChI is InChI=1S/C28H28N6O4/c1-33(2)26(35)20-10-7-11-21(16-20)37-27-25(30)22(14-18-8-5-4-6-9-18)32-28(34(27)31)38-24-15-19(17-29)12-13-23(24)36-3/h4-13,15-16,28H,14,30-31H2,1-3H3. The van der Waals surface area contributed by atoms with Crippen molar-refractivity contribution in [2.75, 3.05) is 21.2 Å². The molecule has 4 rings (SSSR count). The topological polar surface area (TPSA) is 139 Å². The molecule has 1 aliphatic rings. The summed E-state index contributed by atoms with van der Waals surface area (Å²) in [6.07, 6.45) is -0.702. The molecule has 4 N–H and O–H groups in total. The van der Waals surface area contributed by atoms with Crippen molar-refractivity contribution < 1.29 is 19.0 Å². The van der Waals surface area contributed by atoms with E-state index in [0.717, 1.165) is 10.6 Å². The minimum absolute atomic E-state index is 0.0980. The van der Waals surface area contributed by atoms with Crippen molar-refractivity contribution >= 4 is 11.6 Å². The summed E-state index contributed by atoms with van der Waals surface area (Å²) in [5.41, 5.74) is 9.02. The van der Waals surface area contributed by atoms with Gasteiger partial charge in [-0.05, 0) is 35.9 Å². The number of amides is 1. The third kappa shape index (κ3) is 5.69. The van der Waals surface area contributed by atoms with Gasteiger partial charge in [0.05, 0.1) is 24.5 Å². The van der Waals surface area contributed by atoms with E-state index in [1.807, 2.05) is 30.3 Å². The molecule has 0 saturated heterocycles. The van der Waals surface area contributed by atoms with E-state index in [2.05, 4.69) is 11.1 Å². The first kappa shape index (κ1) is 26.1. The Morgan fingerprint density at radius 1 is 1.08 bits per heavy atom. The van der Waals surface area contributed by atoms with Crippen LogP contribution in [0.4, 0.5) is 0 Å². The van der Waals surface area contributed by atoms with Crippen LogP contribution in [0.5, 0.6) is 17.2 Å². The second kappa shape index (κ2) is 11.4. The maximum absolute atomic E-state index is 12.5. The molecule has 1 heterocycles. The van der Waals surface area contributed by atoms with Crippen LogP contribution in [-0.2, 0) is 6.42 Å². The Balaban J connectivity index is 1.72. The molecule has 1 unspecified atom stereocenters. The first-order valence-corrected chi connectivity index (χ1v) is 11.7. The first-order chi connectivity index (χ1) is 18.3. The van der Waals surface area contributed by atoms with Gasteiger partial charge in [-0.25, -0.2) is 15.8 Å². The van der Waals surface area contributed by atoms with Crippen molar-refractivity contribution in [3.05, 3.63) is 101 Å².